The average Bonchev–Trinajstić information content (AvgIpc) is 2.98. The maximum Gasteiger partial charge on any atom is 0.263 e. The van der Waals surface area contributed by atoms with Gasteiger partial charge in [0, 0.05) is 38.1 Å². The van der Waals surface area contributed by atoms with Gasteiger partial charge >= 0.3 is 0 Å². The third-order valence-corrected chi connectivity index (χ3v) is 4.14. The second-order valence-corrected chi connectivity index (χ2v) is 6.52. The molecule has 28 heavy (non-hydrogen) atoms. The van der Waals surface area contributed by atoms with E-state index in [0.717, 1.165) is 11.4 Å². The van der Waals surface area contributed by atoms with Gasteiger partial charge < -0.3 is 15.2 Å². The molecule has 3 rings (SSSR count). The monoisotopic (exact) mass is 381 g/mol. The predicted octanol–water partition coefficient (Wildman–Crippen LogP) is 1.13. The van der Waals surface area contributed by atoms with Crippen LogP contribution in [0.5, 0.6) is 0 Å². The van der Waals surface area contributed by atoms with Gasteiger partial charge in [-0.25, -0.2) is 14.6 Å². The quantitative estimate of drug-likeness (QED) is 0.620. The SMILES string of the molecule is Cc1cc(C)n(-c2cc(NCCNC(=O)c3cccn(C)c3=O)nc(C)n2)n1. The molecule has 0 unspecified atom stereocenters. The van der Waals surface area contributed by atoms with Gasteiger partial charge in [-0.1, -0.05) is 0 Å². The molecule has 2 N–H and O–H groups in total. The summed E-state index contributed by atoms with van der Waals surface area (Å²) < 4.78 is 3.14. The van der Waals surface area contributed by atoms with Crippen LogP contribution in [-0.2, 0) is 7.05 Å². The van der Waals surface area contributed by atoms with Crippen molar-refractivity contribution in [3.63, 3.8) is 0 Å². The highest BCUT2D eigenvalue weighted by Gasteiger charge is 2.11. The molecule has 146 valence electrons. The van der Waals surface area contributed by atoms with Crippen molar-refractivity contribution in [1.82, 2.24) is 29.6 Å². The number of carbonyl (C=O) groups excluding carboxylic acids is 1. The van der Waals surface area contributed by atoms with E-state index in [0.29, 0.717) is 30.5 Å². The molecule has 0 aliphatic carbocycles. The molecule has 1 amide bonds. The Hall–Kier alpha value is -3.49. The van der Waals surface area contributed by atoms with E-state index < -0.39 is 5.91 Å². The van der Waals surface area contributed by atoms with Crippen LogP contribution in [0.1, 0.15) is 27.6 Å². The summed E-state index contributed by atoms with van der Waals surface area (Å²) in [5.41, 5.74) is 1.69. The number of amides is 1. The fraction of sp³-hybridized carbons (Fsp3) is 0.316. The van der Waals surface area contributed by atoms with Crippen LogP contribution >= 0.6 is 0 Å². The Morgan fingerprint density at radius 1 is 1.14 bits per heavy atom. The second kappa shape index (κ2) is 8.03. The van der Waals surface area contributed by atoms with Crippen LogP contribution < -0.4 is 16.2 Å². The van der Waals surface area contributed by atoms with Crippen LogP contribution in [0.4, 0.5) is 5.82 Å². The van der Waals surface area contributed by atoms with Crippen LogP contribution in [0.15, 0.2) is 35.3 Å². The van der Waals surface area contributed by atoms with Crippen molar-refractivity contribution in [2.75, 3.05) is 18.4 Å². The van der Waals surface area contributed by atoms with E-state index in [1.807, 2.05) is 26.8 Å². The van der Waals surface area contributed by atoms with Crippen LogP contribution in [0.25, 0.3) is 5.82 Å². The molecule has 0 aliphatic rings. The Morgan fingerprint density at radius 3 is 2.64 bits per heavy atom. The number of hydrogen-bond donors (Lipinski definition) is 2. The lowest BCUT2D eigenvalue weighted by Crippen LogP contribution is -2.34. The number of nitrogens with zero attached hydrogens (tertiary/aromatic N) is 5. The van der Waals surface area contributed by atoms with Gasteiger partial charge in [-0.15, -0.1) is 0 Å². The van der Waals surface area contributed by atoms with E-state index in [9.17, 15) is 9.59 Å². The van der Waals surface area contributed by atoms with Crippen molar-refractivity contribution in [3.8, 4) is 5.82 Å². The number of aromatic nitrogens is 5. The number of hydrogen-bond acceptors (Lipinski definition) is 6. The van der Waals surface area contributed by atoms with Gasteiger partial charge in [0.2, 0.25) is 0 Å². The standard InChI is InChI=1S/C19H23N7O2/c1-12-10-13(2)26(24-12)17-11-16(22-14(3)23-17)20-7-8-21-18(27)15-6-5-9-25(4)19(15)28/h5-6,9-11H,7-8H2,1-4H3,(H,21,27)(H,20,22,23). The zero-order valence-corrected chi connectivity index (χ0v) is 16.4. The molecule has 0 radical (unpaired) electrons. The second-order valence-electron chi connectivity index (χ2n) is 6.52. The lowest BCUT2D eigenvalue weighted by Gasteiger charge is -2.10. The molecule has 3 aromatic rings. The molecule has 3 heterocycles. The van der Waals surface area contributed by atoms with E-state index in [4.69, 9.17) is 0 Å². The van der Waals surface area contributed by atoms with E-state index >= 15 is 0 Å². The largest absolute Gasteiger partial charge is 0.368 e. The Labute approximate surface area is 162 Å². The molecule has 9 nitrogen and oxygen atoms in total. The molecule has 0 atom stereocenters. The summed E-state index contributed by atoms with van der Waals surface area (Å²) in [6.45, 7) is 6.50. The van der Waals surface area contributed by atoms with Crippen molar-refractivity contribution in [1.29, 1.82) is 0 Å². The number of rotatable bonds is 6. The molecular weight excluding hydrogens is 358 g/mol. The lowest BCUT2D eigenvalue weighted by molar-refractivity contribution is 0.0953. The number of nitrogens with one attached hydrogen (secondary N) is 2. The van der Waals surface area contributed by atoms with Crippen LogP contribution in [0.2, 0.25) is 0 Å². The molecule has 0 bridgehead atoms. The van der Waals surface area contributed by atoms with Gasteiger partial charge in [0.15, 0.2) is 5.82 Å². The van der Waals surface area contributed by atoms with E-state index in [1.165, 1.54) is 10.6 Å². The van der Waals surface area contributed by atoms with Crippen molar-refractivity contribution < 1.29 is 4.79 Å². The van der Waals surface area contributed by atoms with E-state index in [1.54, 1.807) is 30.1 Å². The molecule has 9 heteroatoms. The summed E-state index contributed by atoms with van der Waals surface area (Å²) in [5.74, 6) is 1.53. The summed E-state index contributed by atoms with van der Waals surface area (Å²) in [6.07, 6.45) is 1.61. The van der Waals surface area contributed by atoms with Gasteiger partial charge in [-0.2, -0.15) is 5.10 Å². The minimum atomic E-state index is -0.398. The molecule has 0 aliphatic heterocycles. The number of carbonyl (C=O) groups is 1. The number of pyridine rings is 1. The summed E-state index contributed by atoms with van der Waals surface area (Å²) in [6, 6.07) is 6.97. The van der Waals surface area contributed by atoms with Gasteiger partial charge in [-0.3, -0.25) is 9.59 Å². The van der Waals surface area contributed by atoms with Crippen LogP contribution in [-0.4, -0.2) is 43.3 Å². The van der Waals surface area contributed by atoms with Gasteiger partial charge in [0.25, 0.3) is 11.5 Å². The molecule has 0 saturated heterocycles. The highest BCUT2D eigenvalue weighted by atomic mass is 16.2. The molecule has 0 fully saturated rings. The van der Waals surface area contributed by atoms with Gasteiger partial charge in [0.05, 0.1) is 5.69 Å². The predicted molar refractivity (Wildman–Crippen MR) is 106 cm³/mol. The summed E-state index contributed by atoms with van der Waals surface area (Å²) in [7, 11) is 1.61. The zero-order valence-electron chi connectivity index (χ0n) is 16.4. The highest BCUT2D eigenvalue weighted by molar-refractivity contribution is 5.93. The van der Waals surface area contributed by atoms with Crippen LogP contribution in [0, 0.1) is 20.8 Å². The first-order chi connectivity index (χ1) is 13.3. The fourth-order valence-corrected chi connectivity index (χ4v) is 2.84. The zero-order chi connectivity index (χ0) is 20.3. The van der Waals surface area contributed by atoms with Crippen molar-refractivity contribution in [2.45, 2.75) is 20.8 Å². The summed E-state index contributed by atoms with van der Waals surface area (Å²) in [5, 5.41) is 10.3. The maximum absolute atomic E-state index is 12.2. The number of anilines is 1. The maximum atomic E-state index is 12.2. The molecule has 0 aromatic carbocycles. The summed E-state index contributed by atoms with van der Waals surface area (Å²) in [4.78, 5) is 32.9. The lowest BCUT2D eigenvalue weighted by atomic mass is 10.2. The first kappa shape index (κ1) is 19.3. The first-order valence-electron chi connectivity index (χ1n) is 8.92. The van der Waals surface area contributed by atoms with Crippen molar-refractivity contribution in [3.05, 3.63) is 63.6 Å². The van der Waals surface area contributed by atoms with Crippen molar-refractivity contribution in [2.24, 2.45) is 7.05 Å². The van der Waals surface area contributed by atoms with E-state index in [-0.39, 0.29) is 11.1 Å². The Bertz CT molecular complexity index is 1070. The Kier molecular flexibility index (Phi) is 5.53. The fourth-order valence-electron chi connectivity index (χ4n) is 2.84. The number of aryl methyl sites for hydroxylation is 4. The molecule has 0 saturated carbocycles. The third-order valence-electron chi connectivity index (χ3n) is 4.14. The van der Waals surface area contributed by atoms with Gasteiger partial charge in [-0.05, 0) is 39.0 Å². The smallest absolute Gasteiger partial charge is 0.263 e. The van der Waals surface area contributed by atoms with Gasteiger partial charge in [0.1, 0.15) is 17.2 Å². The first-order valence-corrected chi connectivity index (χ1v) is 8.92. The third kappa shape index (κ3) is 4.25. The molecule has 0 spiro atoms. The molecular formula is C19H23N7O2. The Morgan fingerprint density at radius 2 is 1.93 bits per heavy atom. The Balaban J connectivity index is 1.62. The topological polar surface area (TPSA) is 107 Å². The van der Waals surface area contributed by atoms with E-state index in [2.05, 4.69) is 25.7 Å². The molecule has 3 aromatic heterocycles. The van der Waals surface area contributed by atoms with Crippen molar-refractivity contribution >= 4 is 11.7 Å². The van der Waals surface area contributed by atoms with Crippen LogP contribution in [0.3, 0.4) is 0 Å². The highest BCUT2D eigenvalue weighted by Crippen LogP contribution is 2.13. The average molecular weight is 381 g/mol. The minimum absolute atomic E-state index is 0.120. The normalized spacial score (nSPS) is 10.7. The minimum Gasteiger partial charge on any atom is -0.368 e. The summed E-state index contributed by atoms with van der Waals surface area (Å²) >= 11 is 0.